The second kappa shape index (κ2) is 9.48. The summed E-state index contributed by atoms with van der Waals surface area (Å²) in [6.07, 6.45) is 5.42. The molecule has 2 aromatic rings. The van der Waals surface area contributed by atoms with E-state index in [1.54, 1.807) is 6.07 Å². The highest BCUT2D eigenvalue weighted by molar-refractivity contribution is 6.32. The van der Waals surface area contributed by atoms with Gasteiger partial charge in [0, 0.05) is 13.0 Å². The number of nitrogens with zero attached hydrogens (tertiary/aromatic N) is 2. The number of imidazole rings is 1. The predicted molar refractivity (Wildman–Crippen MR) is 117 cm³/mol. The lowest BCUT2D eigenvalue weighted by molar-refractivity contribution is -0.00543. The Hall–Kier alpha value is -1.92. The third-order valence-electron chi connectivity index (χ3n) is 6.00. The molecule has 3 rings (SSSR count). The molecule has 1 aromatic carbocycles. The van der Waals surface area contributed by atoms with Crippen LogP contribution >= 0.6 is 11.6 Å². The molecule has 0 atom stereocenters. The molecule has 0 aliphatic heterocycles. The standard InChI is InChI=1S/C23H31ClFN3O2/c1-4-6-16-7-8-18(17(25)13-16)28-19(5-2)27-20(21(28)24)22(29)26-14-23(30)11-9-15(3)10-12-23/h7-8,13,15,30H,4-6,9-12,14H2,1-3H3,(H,26,29). The number of hydrogen-bond acceptors (Lipinski definition) is 3. The molecule has 0 radical (unpaired) electrons. The summed E-state index contributed by atoms with van der Waals surface area (Å²) in [5, 5.41) is 13.6. The molecule has 5 nitrogen and oxygen atoms in total. The van der Waals surface area contributed by atoms with E-state index in [-0.39, 0.29) is 23.1 Å². The van der Waals surface area contributed by atoms with Crippen molar-refractivity contribution in [3.8, 4) is 5.69 Å². The molecular formula is C23H31ClFN3O2. The van der Waals surface area contributed by atoms with Crippen LogP contribution < -0.4 is 5.32 Å². The Balaban J connectivity index is 1.82. The van der Waals surface area contributed by atoms with Gasteiger partial charge in [-0.3, -0.25) is 9.36 Å². The van der Waals surface area contributed by atoms with Crippen molar-refractivity contribution in [2.45, 2.75) is 71.3 Å². The molecule has 1 heterocycles. The molecule has 30 heavy (non-hydrogen) atoms. The molecule has 0 spiro atoms. The molecule has 0 bridgehead atoms. The van der Waals surface area contributed by atoms with Gasteiger partial charge in [-0.25, -0.2) is 9.37 Å². The minimum absolute atomic E-state index is 0.0540. The third-order valence-corrected chi connectivity index (χ3v) is 6.34. The van der Waals surface area contributed by atoms with Crippen molar-refractivity contribution in [1.29, 1.82) is 0 Å². The first-order valence-corrected chi connectivity index (χ1v) is 11.2. The molecule has 1 amide bonds. The zero-order valence-electron chi connectivity index (χ0n) is 18.0. The fraction of sp³-hybridized carbons (Fsp3) is 0.565. The van der Waals surface area contributed by atoms with Crippen molar-refractivity contribution in [3.63, 3.8) is 0 Å². The van der Waals surface area contributed by atoms with Crippen LogP contribution in [0, 0.1) is 11.7 Å². The first-order valence-electron chi connectivity index (χ1n) is 10.8. The lowest BCUT2D eigenvalue weighted by Crippen LogP contribution is -2.45. The maximum Gasteiger partial charge on any atom is 0.273 e. The number of halogens is 2. The molecule has 1 saturated carbocycles. The maximum absolute atomic E-state index is 14.8. The molecule has 164 valence electrons. The minimum atomic E-state index is -0.897. The highest BCUT2D eigenvalue weighted by Crippen LogP contribution is 2.31. The van der Waals surface area contributed by atoms with E-state index in [9.17, 15) is 14.3 Å². The number of aliphatic hydroxyl groups is 1. The van der Waals surface area contributed by atoms with Crippen molar-refractivity contribution >= 4 is 17.5 Å². The number of carbonyl (C=O) groups is 1. The molecule has 0 unspecified atom stereocenters. The molecule has 1 aromatic heterocycles. The van der Waals surface area contributed by atoms with Gasteiger partial charge < -0.3 is 10.4 Å². The van der Waals surface area contributed by atoms with Crippen LogP contribution in [0.4, 0.5) is 4.39 Å². The number of benzene rings is 1. The number of hydrogen-bond donors (Lipinski definition) is 2. The van der Waals surface area contributed by atoms with E-state index in [1.165, 1.54) is 10.6 Å². The van der Waals surface area contributed by atoms with Gasteiger partial charge in [-0.15, -0.1) is 0 Å². The first-order chi connectivity index (χ1) is 14.3. The van der Waals surface area contributed by atoms with E-state index in [0.29, 0.717) is 31.0 Å². The van der Waals surface area contributed by atoms with Crippen LogP contribution in [-0.4, -0.2) is 32.7 Å². The molecule has 7 heteroatoms. The minimum Gasteiger partial charge on any atom is -0.388 e. The van der Waals surface area contributed by atoms with Crippen LogP contribution in [0.5, 0.6) is 0 Å². The number of aryl methyl sites for hydroxylation is 2. The highest BCUT2D eigenvalue weighted by atomic mass is 35.5. The summed E-state index contributed by atoms with van der Waals surface area (Å²) < 4.78 is 16.3. The predicted octanol–water partition coefficient (Wildman–Crippen LogP) is 4.85. The van der Waals surface area contributed by atoms with Gasteiger partial charge >= 0.3 is 0 Å². The zero-order chi connectivity index (χ0) is 21.9. The lowest BCUT2D eigenvalue weighted by atomic mass is 9.79. The Kier molecular flexibility index (Phi) is 7.19. The highest BCUT2D eigenvalue weighted by Gasteiger charge is 2.33. The number of nitrogens with one attached hydrogen (secondary N) is 1. The van der Waals surface area contributed by atoms with Gasteiger partial charge in [0.15, 0.2) is 5.69 Å². The van der Waals surface area contributed by atoms with Gasteiger partial charge in [0.1, 0.15) is 16.8 Å². The van der Waals surface area contributed by atoms with E-state index in [0.717, 1.165) is 31.2 Å². The van der Waals surface area contributed by atoms with Gasteiger partial charge in [-0.1, -0.05) is 44.9 Å². The molecule has 1 aliphatic rings. The lowest BCUT2D eigenvalue weighted by Gasteiger charge is -2.34. The number of aromatic nitrogens is 2. The molecule has 2 N–H and O–H groups in total. The van der Waals surface area contributed by atoms with Gasteiger partial charge in [0.2, 0.25) is 0 Å². The van der Waals surface area contributed by atoms with E-state index < -0.39 is 17.3 Å². The average molecular weight is 436 g/mol. The summed E-state index contributed by atoms with van der Waals surface area (Å²) in [5.74, 6) is 0.255. The van der Waals surface area contributed by atoms with Crippen molar-refractivity contribution in [2.24, 2.45) is 5.92 Å². The quantitative estimate of drug-likeness (QED) is 0.653. The van der Waals surface area contributed by atoms with Gasteiger partial charge in [0.25, 0.3) is 5.91 Å². The summed E-state index contributed by atoms with van der Waals surface area (Å²) in [6, 6.07) is 5.06. The van der Waals surface area contributed by atoms with Gasteiger partial charge in [-0.2, -0.15) is 0 Å². The van der Waals surface area contributed by atoms with Crippen LogP contribution in [0.1, 0.15) is 74.8 Å². The first kappa shape index (κ1) is 22.8. The monoisotopic (exact) mass is 435 g/mol. The third kappa shape index (κ3) is 4.86. The van der Waals surface area contributed by atoms with Crippen molar-refractivity contribution < 1.29 is 14.3 Å². The largest absolute Gasteiger partial charge is 0.388 e. The van der Waals surface area contributed by atoms with Crippen LogP contribution in [0.2, 0.25) is 5.15 Å². The normalized spacial score (nSPS) is 21.6. The van der Waals surface area contributed by atoms with Crippen molar-refractivity contribution in [1.82, 2.24) is 14.9 Å². The van der Waals surface area contributed by atoms with E-state index in [1.807, 2.05) is 19.9 Å². The summed E-state index contributed by atoms with van der Waals surface area (Å²) in [5.41, 5.74) is 0.356. The Bertz CT molecular complexity index is 904. The fourth-order valence-corrected chi connectivity index (χ4v) is 4.37. The van der Waals surface area contributed by atoms with E-state index in [4.69, 9.17) is 11.6 Å². The Morgan fingerprint density at radius 3 is 2.67 bits per heavy atom. The topological polar surface area (TPSA) is 67.2 Å². The Morgan fingerprint density at radius 2 is 2.07 bits per heavy atom. The van der Waals surface area contributed by atoms with E-state index in [2.05, 4.69) is 17.2 Å². The van der Waals surface area contributed by atoms with Crippen LogP contribution in [-0.2, 0) is 12.8 Å². The van der Waals surface area contributed by atoms with E-state index >= 15 is 0 Å². The Labute approximate surface area is 182 Å². The number of amides is 1. The van der Waals surface area contributed by atoms with Crippen molar-refractivity contribution in [2.75, 3.05) is 6.54 Å². The fourth-order valence-electron chi connectivity index (χ4n) is 4.05. The Morgan fingerprint density at radius 1 is 1.37 bits per heavy atom. The van der Waals surface area contributed by atoms with Crippen molar-refractivity contribution in [3.05, 3.63) is 46.3 Å². The van der Waals surface area contributed by atoms with Crippen LogP contribution in [0.3, 0.4) is 0 Å². The SMILES string of the molecule is CCCc1ccc(-n2c(CC)nc(C(=O)NCC3(O)CCC(C)CC3)c2Cl)c(F)c1. The molecule has 0 saturated heterocycles. The van der Waals surface area contributed by atoms with Crippen LogP contribution in [0.15, 0.2) is 18.2 Å². The smallest absolute Gasteiger partial charge is 0.273 e. The molecule has 1 fully saturated rings. The summed E-state index contributed by atoms with van der Waals surface area (Å²) >= 11 is 6.50. The number of rotatable bonds is 7. The van der Waals surface area contributed by atoms with Gasteiger partial charge in [0.05, 0.1) is 11.3 Å². The average Bonchev–Trinajstić information content (AvgIpc) is 3.05. The summed E-state index contributed by atoms with van der Waals surface area (Å²) in [4.78, 5) is 17.1. The second-order valence-electron chi connectivity index (χ2n) is 8.48. The van der Waals surface area contributed by atoms with Gasteiger partial charge in [-0.05, 0) is 55.7 Å². The number of carbonyl (C=O) groups excluding carboxylic acids is 1. The second-order valence-corrected chi connectivity index (χ2v) is 8.84. The molecule has 1 aliphatic carbocycles. The summed E-state index contributed by atoms with van der Waals surface area (Å²) in [6.45, 7) is 6.25. The molecular weight excluding hydrogens is 405 g/mol. The zero-order valence-corrected chi connectivity index (χ0v) is 18.7. The summed E-state index contributed by atoms with van der Waals surface area (Å²) in [7, 11) is 0. The maximum atomic E-state index is 14.8. The van der Waals surface area contributed by atoms with Crippen LogP contribution in [0.25, 0.3) is 5.69 Å².